The SMILES string of the molecule is Cc1sc(/C=C/C(=O)O)nc1C(C)C. The van der Waals surface area contributed by atoms with Crippen molar-refractivity contribution in [1.82, 2.24) is 4.98 Å². The molecule has 0 bridgehead atoms. The van der Waals surface area contributed by atoms with Crippen LogP contribution in [0.25, 0.3) is 6.08 Å². The van der Waals surface area contributed by atoms with Gasteiger partial charge in [-0.05, 0) is 18.9 Å². The molecular formula is C10H13NO2S. The highest BCUT2D eigenvalue weighted by Gasteiger charge is 2.08. The lowest BCUT2D eigenvalue weighted by molar-refractivity contribution is -0.131. The van der Waals surface area contributed by atoms with Crippen LogP contribution in [0.2, 0.25) is 0 Å². The lowest BCUT2D eigenvalue weighted by Gasteiger charge is -1.99. The summed E-state index contributed by atoms with van der Waals surface area (Å²) >= 11 is 1.52. The molecule has 0 aliphatic carbocycles. The van der Waals surface area contributed by atoms with E-state index in [1.807, 2.05) is 6.92 Å². The average Bonchev–Trinajstić information content (AvgIpc) is 2.43. The summed E-state index contributed by atoms with van der Waals surface area (Å²) in [5, 5.41) is 9.21. The number of thiazole rings is 1. The maximum absolute atomic E-state index is 10.3. The molecule has 1 rings (SSSR count). The van der Waals surface area contributed by atoms with E-state index >= 15 is 0 Å². The second-order valence-electron chi connectivity index (χ2n) is 3.32. The molecule has 0 fully saturated rings. The fourth-order valence-electron chi connectivity index (χ4n) is 1.18. The summed E-state index contributed by atoms with van der Waals surface area (Å²) in [5.41, 5.74) is 1.06. The van der Waals surface area contributed by atoms with Crippen molar-refractivity contribution in [3.8, 4) is 0 Å². The lowest BCUT2D eigenvalue weighted by Crippen LogP contribution is -1.89. The van der Waals surface area contributed by atoms with Gasteiger partial charge in [-0.25, -0.2) is 9.78 Å². The second kappa shape index (κ2) is 4.37. The van der Waals surface area contributed by atoms with E-state index in [1.54, 1.807) is 0 Å². The molecule has 0 spiro atoms. The molecule has 0 saturated heterocycles. The Morgan fingerprint density at radius 1 is 1.57 bits per heavy atom. The van der Waals surface area contributed by atoms with Gasteiger partial charge in [0.05, 0.1) is 5.69 Å². The van der Waals surface area contributed by atoms with Crippen molar-refractivity contribution < 1.29 is 9.90 Å². The molecule has 14 heavy (non-hydrogen) atoms. The van der Waals surface area contributed by atoms with Crippen LogP contribution in [-0.4, -0.2) is 16.1 Å². The number of aromatic nitrogens is 1. The fourth-order valence-corrected chi connectivity index (χ4v) is 2.16. The van der Waals surface area contributed by atoms with Crippen LogP contribution in [0.15, 0.2) is 6.08 Å². The molecule has 0 aliphatic rings. The summed E-state index contributed by atoms with van der Waals surface area (Å²) in [6, 6.07) is 0. The van der Waals surface area contributed by atoms with E-state index < -0.39 is 5.97 Å². The van der Waals surface area contributed by atoms with Gasteiger partial charge in [0, 0.05) is 11.0 Å². The molecule has 0 amide bonds. The number of carboxylic acids is 1. The summed E-state index contributed by atoms with van der Waals surface area (Å²) in [7, 11) is 0. The molecule has 1 aromatic heterocycles. The Morgan fingerprint density at radius 2 is 2.21 bits per heavy atom. The fraction of sp³-hybridized carbons (Fsp3) is 0.400. The van der Waals surface area contributed by atoms with Crippen LogP contribution in [0, 0.1) is 6.92 Å². The van der Waals surface area contributed by atoms with Gasteiger partial charge in [-0.2, -0.15) is 0 Å². The molecule has 0 aliphatic heterocycles. The Labute approximate surface area is 87.1 Å². The Bertz CT molecular complexity index is 366. The first-order valence-electron chi connectivity index (χ1n) is 4.39. The van der Waals surface area contributed by atoms with E-state index in [4.69, 9.17) is 5.11 Å². The third-order valence-corrected chi connectivity index (χ3v) is 2.72. The number of aryl methyl sites for hydroxylation is 1. The molecule has 0 saturated carbocycles. The minimum Gasteiger partial charge on any atom is -0.478 e. The smallest absolute Gasteiger partial charge is 0.328 e. The van der Waals surface area contributed by atoms with Gasteiger partial charge in [0.1, 0.15) is 5.01 Å². The van der Waals surface area contributed by atoms with E-state index in [0.717, 1.165) is 21.7 Å². The van der Waals surface area contributed by atoms with Crippen LogP contribution in [0.4, 0.5) is 0 Å². The zero-order chi connectivity index (χ0) is 10.7. The van der Waals surface area contributed by atoms with Crippen LogP contribution < -0.4 is 0 Å². The monoisotopic (exact) mass is 211 g/mol. The maximum Gasteiger partial charge on any atom is 0.328 e. The topological polar surface area (TPSA) is 50.2 Å². The Balaban J connectivity index is 2.91. The van der Waals surface area contributed by atoms with E-state index in [0.29, 0.717) is 5.92 Å². The van der Waals surface area contributed by atoms with Crippen LogP contribution in [0.3, 0.4) is 0 Å². The zero-order valence-electron chi connectivity index (χ0n) is 8.44. The van der Waals surface area contributed by atoms with Crippen molar-refractivity contribution in [3.63, 3.8) is 0 Å². The molecule has 0 radical (unpaired) electrons. The van der Waals surface area contributed by atoms with Gasteiger partial charge in [0.2, 0.25) is 0 Å². The third-order valence-electron chi connectivity index (χ3n) is 1.76. The van der Waals surface area contributed by atoms with E-state index in [9.17, 15) is 4.79 Å². The van der Waals surface area contributed by atoms with Gasteiger partial charge in [0.25, 0.3) is 0 Å². The Kier molecular flexibility index (Phi) is 3.41. The molecule has 3 nitrogen and oxygen atoms in total. The summed E-state index contributed by atoms with van der Waals surface area (Å²) < 4.78 is 0. The number of aliphatic carboxylic acids is 1. The van der Waals surface area contributed by atoms with Crippen LogP contribution in [0.1, 0.15) is 35.3 Å². The molecule has 1 aromatic rings. The number of rotatable bonds is 3. The molecule has 1 heterocycles. The number of nitrogens with zero attached hydrogens (tertiary/aromatic N) is 1. The Morgan fingerprint density at radius 3 is 2.64 bits per heavy atom. The van der Waals surface area contributed by atoms with Crippen LogP contribution in [0.5, 0.6) is 0 Å². The number of carboxylic acid groups (broad SMARTS) is 1. The largest absolute Gasteiger partial charge is 0.478 e. The van der Waals surface area contributed by atoms with Gasteiger partial charge >= 0.3 is 5.97 Å². The highest BCUT2D eigenvalue weighted by atomic mass is 32.1. The van der Waals surface area contributed by atoms with E-state index in [1.165, 1.54) is 17.4 Å². The summed E-state index contributed by atoms with van der Waals surface area (Å²) in [4.78, 5) is 15.8. The minimum atomic E-state index is -0.941. The van der Waals surface area contributed by atoms with Gasteiger partial charge < -0.3 is 5.11 Å². The number of carbonyl (C=O) groups is 1. The molecule has 0 atom stereocenters. The maximum atomic E-state index is 10.3. The summed E-state index contributed by atoms with van der Waals surface area (Å²) in [6.45, 7) is 6.16. The Hall–Kier alpha value is -1.16. The molecule has 0 unspecified atom stereocenters. The predicted molar refractivity (Wildman–Crippen MR) is 57.6 cm³/mol. The second-order valence-corrected chi connectivity index (χ2v) is 4.55. The highest BCUT2D eigenvalue weighted by molar-refractivity contribution is 7.12. The highest BCUT2D eigenvalue weighted by Crippen LogP contribution is 2.24. The number of hydrogen-bond donors (Lipinski definition) is 1. The first-order chi connectivity index (χ1) is 6.50. The zero-order valence-corrected chi connectivity index (χ0v) is 9.26. The van der Waals surface area contributed by atoms with Gasteiger partial charge in [-0.3, -0.25) is 0 Å². The normalized spacial score (nSPS) is 11.4. The summed E-state index contributed by atoms with van der Waals surface area (Å²) in [6.07, 6.45) is 2.65. The quantitative estimate of drug-likeness (QED) is 0.782. The predicted octanol–water partition coefficient (Wildman–Crippen LogP) is 2.67. The lowest BCUT2D eigenvalue weighted by atomic mass is 10.1. The third kappa shape index (κ3) is 2.67. The molecule has 4 heteroatoms. The van der Waals surface area contributed by atoms with Gasteiger partial charge in [0.15, 0.2) is 0 Å². The van der Waals surface area contributed by atoms with Crippen LogP contribution >= 0.6 is 11.3 Å². The standard InChI is InChI=1S/C10H13NO2S/c1-6(2)10-7(3)14-8(11-10)4-5-9(12)13/h4-6H,1-3H3,(H,12,13)/b5-4+. The molecular weight excluding hydrogens is 198 g/mol. The first-order valence-corrected chi connectivity index (χ1v) is 5.20. The van der Waals surface area contributed by atoms with Gasteiger partial charge in [-0.15, -0.1) is 11.3 Å². The number of hydrogen-bond acceptors (Lipinski definition) is 3. The van der Waals surface area contributed by atoms with E-state index in [2.05, 4.69) is 18.8 Å². The van der Waals surface area contributed by atoms with Crippen molar-refractivity contribution in [1.29, 1.82) is 0 Å². The van der Waals surface area contributed by atoms with Crippen molar-refractivity contribution in [2.45, 2.75) is 26.7 Å². The van der Waals surface area contributed by atoms with Crippen molar-refractivity contribution >= 4 is 23.4 Å². The van der Waals surface area contributed by atoms with Gasteiger partial charge in [-0.1, -0.05) is 13.8 Å². The molecule has 0 aromatic carbocycles. The van der Waals surface area contributed by atoms with Crippen molar-refractivity contribution in [3.05, 3.63) is 21.7 Å². The summed E-state index contributed by atoms with van der Waals surface area (Å²) in [5.74, 6) is -0.554. The molecule has 76 valence electrons. The van der Waals surface area contributed by atoms with Crippen molar-refractivity contribution in [2.75, 3.05) is 0 Å². The van der Waals surface area contributed by atoms with Crippen molar-refractivity contribution in [2.24, 2.45) is 0 Å². The van der Waals surface area contributed by atoms with Crippen LogP contribution in [-0.2, 0) is 4.79 Å². The first kappa shape index (κ1) is 10.9. The molecule has 1 N–H and O–H groups in total. The minimum absolute atomic E-state index is 0.387. The van der Waals surface area contributed by atoms with E-state index in [-0.39, 0.29) is 0 Å². The average molecular weight is 211 g/mol.